The van der Waals surface area contributed by atoms with E-state index in [0.717, 1.165) is 12.2 Å². The molecule has 1 heterocycles. The topological polar surface area (TPSA) is 26.0 Å². The Bertz CT molecular complexity index is 158. The van der Waals surface area contributed by atoms with Gasteiger partial charge >= 0.3 is 0 Å². The number of aromatic nitrogens is 1. The lowest BCUT2D eigenvalue weighted by molar-refractivity contribution is 0.465. The Morgan fingerprint density at radius 2 is 2.18 bits per heavy atom. The van der Waals surface area contributed by atoms with E-state index in [4.69, 9.17) is 4.42 Å². The summed E-state index contributed by atoms with van der Waals surface area (Å²) in [4.78, 5) is 3.82. The average Bonchev–Trinajstić information content (AvgIpc) is 2.59. The molecule has 1 unspecified atom stereocenters. The fourth-order valence-electron chi connectivity index (χ4n) is 0.670. The van der Waals surface area contributed by atoms with Crippen molar-refractivity contribution in [3.05, 3.63) is 18.4 Å². The molecule has 0 saturated heterocycles. The highest BCUT2D eigenvalue weighted by molar-refractivity contribution is 4.95. The van der Waals surface area contributed by atoms with Crippen LogP contribution in [0.1, 0.15) is 45.8 Å². The van der Waals surface area contributed by atoms with Crippen LogP contribution in [0.3, 0.4) is 0 Å². The maximum absolute atomic E-state index is 5.08. The van der Waals surface area contributed by atoms with Gasteiger partial charge in [-0.3, -0.25) is 0 Å². The zero-order valence-corrected chi connectivity index (χ0v) is 7.79. The minimum atomic E-state index is 0.507. The van der Waals surface area contributed by atoms with Crippen LogP contribution in [0.4, 0.5) is 0 Å². The largest absolute Gasteiger partial charge is 0.448 e. The molecule has 1 rings (SSSR count). The molecule has 1 atom stereocenters. The highest BCUT2D eigenvalue weighted by atomic mass is 16.3. The van der Waals surface area contributed by atoms with Crippen molar-refractivity contribution >= 4 is 0 Å². The van der Waals surface area contributed by atoms with Crippen LogP contribution in [0.25, 0.3) is 0 Å². The van der Waals surface area contributed by atoms with E-state index in [-0.39, 0.29) is 0 Å². The highest BCUT2D eigenvalue weighted by Gasteiger charge is 2.04. The van der Waals surface area contributed by atoms with Gasteiger partial charge in [-0.05, 0) is 6.42 Å². The Morgan fingerprint density at radius 1 is 1.55 bits per heavy atom. The van der Waals surface area contributed by atoms with Gasteiger partial charge in [0.2, 0.25) is 0 Å². The van der Waals surface area contributed by atoms with E-state index in [0.29, 0.717) is 5.92 Å². The predicted molar refractivity (Wildman–Crippen MR) is 46.6 cm³/mol. The summed E-state index contributed by atoms with van der Waals surface area (Å²) in [7, 11) is 0. The Balaban J connectivity index is 0.000000461. The summed E-state index contributed by atoms with van der Waals surface area (Å²) >= 11 is 0. The molecule has 0 aliphatic heterocycles. The Kier molecular flexibility index (Phi) is 5.53. The zero-order valence-electron chi connectivity index (χ0n) is 7.79. The summed E-state index contributed by atoms with van der Waals surface area (Å²) in [6, 6.07) is 0. The monoisotopic (exact) mass is 155 g/mol. The van der Waals surface area contributed by atoms with E-state index in [1.165, 1.54) is 6.39 Å². The summed E-state index contributed by atoms with van der Waals surface area (Å²) in [5.41, 5.74) is 0. The van der Waals surface area contributed by atoms with E-state index in [9.17, 15) is 0 Å². The molecule has 2 heteroatoms. The third-order valence-corrected chi connectivity index (χ3v) is 1.55. The van der Waals surface area contributed by atoms with Crippen LogP contribution in [-0.2, 0) is 0 Å². The van der Waals surface area contributed by atoms with Gasteiger partial charge in [0, 0.05) is 5.92 Å². The van der Waals surface area contributed by atoms with Crippen molar-refractivity contribution in [2.45, 2.75) is 40.0 Å². The molecule has 0 aromatic carbocycles. The van der Waals surface area contributed by atoms with Crippen molar-refractivity contribution in [1.29, 1.82) is 0 Å². The molecule has 0 bridgehead atoms. The van der Waals surface area contributed by atoms with Crippen LogP contribution in [0, 0.1) is 0 Å². The minimum absolute atomic E-state index is 0.507. The fraction of sp³-hybridized carbons (Fsp3) is 0.667. The highest BCUT2D eigenvalue weighted by Crippen LogP contribution is 2.16. The number of hydrogen-bond donors (Lipinski definition) is 0. The number of nitrogens with zero attached hydrogens (tertiary/aromatic N) is 1. The second-order valence-corrected chi connectivity index (χ2v) is 2.21. The molecule has 0 saturated carbocycles. The van der Waals surface area contributed by atoms with Crippen molar-refractivity contribution in [2.75, 3.05) is 0 Å². The summed E-state index contributed by atoms with van der Waals surface area (Å²) in [6.07, 6.45) is 4.35. The normalized spacial score (nSPS) is 11.6. The molecule has 0 aliphatic carbocycles. The summed E-state index contributed by atoms with van der Waals surface area (Å²) in [5.74, 6) is 1.49. The Morgan fingerprint density at radius 3 is 2.55 bits per heavy atom. The van der Waals surface area contributed by atoms with Gasteiger partial charge in [0.1, 0.15) is 5.76 Å². The SMILES string of the molecule is CC.CCC(C)c1cnco1. The predicted octanol–water partition coefficient (Wildman–Crippen LogP) is 3.21. The second-order valence-electron chi connectivity index (χ2n) is 2.21. The first-order valence-electron chi connectivity index (χ1n) is 4.23. The quantitative estimate of drug-likeness (QED) is 0.655. The maximum atomic E-state index is 5.08. The van der Waals surface area contributed by atoms with Crippen molar-refractivity contribution in [3.8, 4) is 0 Å². The Labute approximate surface area is 68.6 Å². The lowest BCUT2D eigenvalue weighted by Gasteiger charge is -2.00. The molecule has 0 aliphatic rings. The van der Waals surface area contributed by atoms with Gasteiger partial charge < -0.3 is 4.42 Å². The first-order chi connectivity index (χ1) is 5.34. The van der Waals surface area contributed by atoms with Crippen molar-refractivity contribution in [1.82, 2.24) is 4.98 Å². The lowest BCUT2D eigenvalue weighted by Crippen LogP contribution is -1.86. The molecule has 11 heavy (non-hydrogen) atoms. The molecule has 0 fully saturated rings. The van der Waals surface area contributed by atoms with Gasteiger partial charge in [-0.25, -0.2) is 4.98 Å². The smallest absolute Gasteiger partial charge is 0.180 e. The van der Waals surface area contributed by atoms with Crippen LogP contribution in [0.15, 0.2) is 17.0 Å². The van der Waals surface area contributed by atoms with Crippen LogP contribution >= 0.6 is 0 Å². The van der Waals surface area contributed by atoms with Gasteiger partial charge in [-0.1, -0.05) is 27.7 Å². The first kappa shape index (κ1) is 10.2. The van der Waals surface area contributed by atoms with E-state index >= 15 is 0 Å². The van der Waals surface area contributed by atoms with Crippen LogP contribution in [-0.4, -0.2) is 4.98 Å². The van der Waals surface area contributed by atoms with Crippen LogP contribution in [0.2, 0.25) is 0 Å². The molecule has 0 radical (unpaired) electrons. The molecule has 64 valence electrons. The fourth-order valence-corrected chi connectivity index (χ4v) is 0.670. The molecule has 1 aromatic rings. The van der Waals surface area contributed by atoms with Gasteiger partial charge in [0.05, 0.1) is 6.20 Å². The van der Waals surface area contributed by atoms with E-state index in [1.807, 2.05) is 13.8 Å². The summed E-state index contributed by atoms with van der Waals surface area (Å²) in [5, 5.41) is 0. The molecule has 0 N–H and O–H groups in total. The van der Waals surface area contributed by atoms with Crippen molar-refractivity contribution in [3.63, 3.8) is 0 Å². The molecule has 1 aromatic heterocycles. The number of oxazole rings is 1. The molecule has 2 nitrogen and oxygen atoms in total. The maximum Gasteiger partial charge on any atom is 0.180 e. The summed E-state index contributed by atoms with van der Waals surface area (Å²) in [6.45, 7) is 8.26. The van der Waals surface area contributed by atoms with Gasteiger partial charge in [0.15, 0.2) is 6.39 Å². The van der Waals surface area contributed by atoms with E-state index < -0.39 is 0 Å². The molecule has 0 spiro atoms. The first-order valence-corrected chi connectivity index (χ1v) is 4.23. The lowest BCUT2D eigenvalue weighted by atomic mass is 10.1. The van der Waals surface area contributed by atoms with E-state index in [1.54, 1.807) is 6.20 Å². The van der Waals surface area contributed by atoms with E-state index in [2.05, 4.69) is 18.8 Å². The molecular formula is C9H17NO. The number of hydrogen-bond acceptors (Lipinski definition) is 2. The molecular weight excluding hydrogens is 138 g/mol. The minimum Gasteiger partial charge on any atom is -0.448 e. The standard InChI is InChI=1S/C7H11NO.C2H6/c1-3-6(2)7-4-8-5-9-7;1-2/h4-6H,3H2,1-2H3;1-2H3. The van der Waals surface area contributed by atoms with Gasteiger partial charge in [-0.15, -0.1) is 0 Å². The van der Waals surface area contributed by atoms with Crippen LogP contribution < -0.4 is 0 Å². The third-order valence-electron chi connectivity index (χ3n) is 1.55. The Hall–Kier alpha value is -0.790. The third kappa shape index (κ3) is 3.21. The van der Waals surface area contributed by atoms with Gasteiger partial charge in [0.25, 0.3) is 0 Å². The zero-order chi connectivity index (χ0) is 8.69. The van der Waals surface area contributed by atoms with Crippen LogP contribution in [0.5, 0.6) is 0 Å². The molecule has 0 amide bonds. The van der Waals surface area contributed by atoms with Crippen molar-refractivity contribution < 1.29 is 4.42 Å². The summed E-state index contributed by atoms with van der Waals surface area (Å²) < 4.78 is 5.08. The average molecular weight is 155 g/mol. The number of rotatable bonds is 2. The van der Waals surface area contributed by atoms with Crippen molar-refractivity contribution in [2.24, 2.45) is 0 Å². The van der Waals surface area contributed by atoms with Gasteiger partial charge in [-0.2, -0.15) is 0 Å². The second kappa shape index (κ2) is 5.96.